The molecule has 0 spiro atoms. The average molecular weight is 243 g/mol. The summed E-state index contributed by atoms with van der Waals surface area (Å²) in [4.78, 5) is 16.0. The maximum absolute atomic E-state index is 11.7. The van der Waals surface area contributed by atoms with Gasteiger partial charge in [-0.1, -0.05) is 39.0 Å². The second-order valence-corrected chi connectivity index (χ2v) is 5.58. The van der Waals surface area contributed by atoms with E-state index >= 15 is 0 Å². The zero-order valence-electron chi connectivity index (χ0n) is 10.9. The SMILES string of the molecule is CC(C)(C)CC(=O)Oc1cnc2ccccc2c1. The molecule has 18 heavy (non-hydrogen) atoms. The number of carbonyl (C=O) groups excluding carboxylic acids is 1. The summed E-state index contributed by atoms with van der Waals surface area (Å²) in [6.45, 7) is 6.02. The van der Waals surface area contributed by atoms with Crippen molar-refractivity contribution in [2.24, 2.45) is 5.41 Å². The maximum Gasteiger partial charge on any atom is 0.311 e. The Hall–Kier alpha value is -1.90. The maximum atomic E-state index is 11.7. The zero-order valence-corrected chi connectivity index (χ0v) is 10.9. The highest BCUT2D eigenvalue weighted by molar-refractivity contribution is 5.81. The highest BCUT2D eigenvalue weighted by Gasteiger charge is 2.17. The van der Waals surface area contributed by atoms with Crippen molar-refractivity contribution in [1.29, 1.82) is 0 Å². The number of hydrogen-bond acceptors (Lipinski definition) is 3. The number of para-hydroxylation sites is 1. The van der Waals surface area contributed by atoms with E-state index in [1.807, 2.05) is 51.1 Å². The summed E-state index contributed by atoms with van der Waals surface area (Å²) in [5.74, 6) is 0.280. The van der Waals surface area contributed by atoms with Gasteiger partial charge in [0.1, 0.15) is 5.75 Å². The van der Waals surface area contributed by atoms with E-state index < -0.39 is 0 Å². The molecule has 0 N–H and O–H groups in total. The first-order valence-electron chi connectivity index (χ1n) is 5.99. The van der Waals surface area contributed by atoms with E-state index in [0.29, 0.717) is 12.2 Å². The molecule has 0 saturated heterocycles. The van der Waals surface area contributed by atoms with Crippen molar-refractivity contribution >= 4 is 16.9 Å². The van der Waals surface area contributed by atoms with Crippen LogP contribution in [0.1, 0.15) is 27.2 Å². The van der Waals surface area contributed by atoms with Crippen LogP contribution in [0.4, 0.5) is 0 Å². The predicted molar refractivity (Wildman–Crippen MR) is 71.5 cm³/mol. The molecule has 3 nitrogen and oxygen atoms in total. The van der Waals surface area contributed by atoms with Crippen LogP contribution in [0.2, 0.25) is 0 Å². The topological polar surface area (TPSA) is 39.2 Å². The van der Waals surface area contributed by atoms with Gasteiger partial charge in [0, 0.05) is 5.39 Å². The van der Waals surface area contributed by atoms with E-state index in [2.05, 4.69) is 4.98 Å². The summed E-state index contributed by atoms with van der Waals surface area (Å²) in [7, 11) is 0. The van der Waals surface area contributed by atoms with Gasteiger partial charge < -0.3 is 4.74 Å². The number of esters is 1. The molecule has 94 valence electrons. The fourth-order valence-electron chi connectivity index (χ4n) is 1.71. The molecule has 0 bridgehead atoms. The highest BCUT2D eigenvalue weighted by atomic mass is 16.5. The van der Waals surface area contributed by atoms with Crippen LogP contribution in [-0.4, -0.2) is 11.0 Å². The molecule has 0 saturated carbocycles. The van der Waals surface area contributed by atoms with Gasteiger partial charge in [-0.25, -0.2) is 0 Å². The zero-order chi connectivity index (χ0) is 13.2. The third-order valence-electron chi connectivity index (χ3n) is 2.47. The quantitative estimate of drug-likeness (QED) is 0.757. The minimum absolute atomic E-state index is 0.0681. The number of nitrogens with zero attached hydrogens (tertiary/aromatic N) is 1. The van der Waals surface area contributed by atoms with E-state index in [0.717, 1.165) is 10.9 Å². The lowest BCUT2D eigenvalue weighted by Crippen LogP contribution is -2.17. The molecule has 0 aliphatic carbocycles. The van der Waals surface area contributed by atoms with Crippen molar-refractivity contribution in [1.82, 2.24) is 4.98 Å². The fraction of sp³-hybridized carbons (Fsp3) is 0.333. The van der Waals surface area contributed by atoms with Gasteiger partial charge in [0.2, 0.25) is 0 Å². The molecule has 1 heterocycles. The van der Waals surface area contributed by atoms with Crippen molar-refractivity contribution in [2.75, 3.05) is 0 Å². The molecule has 0 aliphatic heterocycles. The van der Waals surface area contributed by atoms with Crippen LogP contribution in [0.25, 0.3) is 10.9 Å². The second-order valence-electron chi connectivity index (χ2n) is 5.58. The van der Waals surface area contributed by atoms with Crippen LogP contribution in [0, 0.1) is 5.41 Å². The number of benzene rings is 1. The van der Waals surface area contributed by atoms with Crippen molar-refractivity contribution in [3.8, 4) is 5.75 Å². The van der Waals surface area contributed by atoms with Gasteiger partial charge in [-0.05, 0) is 17.5 Å². The first-order chi connectivity index (χ1) is 8.44. The largest absolute Gasteiger partial charge is 0.425 e. The average Bonchev–Trinajstić information content (AvgIpc) is 2.26. The number of hydrogen-bond donors (Lipinski definition) is 0. The molecular weight excluding hydrogens is 226 g/mol. The molecule has 1 aromatic carbocycles. The van der Waals surface area contributed by atoms with Crippen molar-refractivity contribution in [3.63, 3.8) is 0 Å². The number of carbonyl (C=O) groups is 1. The van der Waals surface area contributed by atoms with Crippen LogP contribution >= 0.6 is 0 Å². The summed E-state index contributed by atoms with van der Waals surface area (Å²) in [6.07, 6.45) is 1.97. The predicted octanol–water partition coefficient (Wildman–Crippen LogP) is 3.58. The molecule has 0 unspecified atom stereocenters. The third-order valence-corrected chi connectivity index (χ3v) is 2.47. The van der Waals surface area contributed by atoms with Crippen molar-refractivity contribution in [3.05, 3.63) is 36.5 Å². The Kier molecular flexibility index (Phi) is 3.32. The minimum Gasteiger partial charge on any atom is -0.425 e. The Bertz CT molecular complexity index is 570. The number of ether oxygens (including phenoxy) is 1. The third kappa shape index (κ3) is 3.29. The second kappa shape index (κ2) is 4.77. The van der Waals surface area contributed by atoms with Crippen molar-refractivity contribution < 1.29 is 9.53 Å². The smallest absolute Gasteiger partial charge is 0.311 e. The summed E-state index contributed by atoms with van der Waals surface area (Å²) < 4.78 is 5.30. The minimum atomic E-state index is -0.223. The Morgan fingerprint density at radius 3 is 2.72 bits per heavy atom. The number of rotatable bonds is 2. The molecule has 2 aromatic rings. The Morgan fingerprint density at radius 2 is 2.00 bits per heavy atom. The molecule has 0 amide bonds. The molecule has 2 rings (SSSR count). The summed E-state index contributed by atoms with van der Waals surface area (Å²) in [5, 5.41) is 0.971. The van der Waals surface area contributed by atoms with Crippen LogP contribution in [0.5, 0.6) is 5.75 Å². The van der Waals surface area contributed by atoms with E-state index in [-0.39, 0.29) is 11.4 Å². The van der Waals surface area contributed by atoms with E-state index in [1.54, 1.807) is 6.20 Å². The fourth-order valence-corrected chi connectivity index (χ4v) is 1.71. The number of fused-ring (bicyclic) bond motifs is 1. The first kappa shape index (κ1) is 12.6. The Balaban J connectivity index is 2.15. The van der Waals surface area contributed by atoms with Crippen molar-refractivity contribution in [2.45, 2.75) is 27.2 Å². The van der Waals surface area contributed by atoms with E-state index in [4.69, 9.17) is 4.74 Å². The summed E-state index contributed by atoms with van der Waals surface area (Å²) in [6, 6.07) is 9.58. The highest BCUT2D eigenvalue weighted by Crippen LogP contribution is 2.22. The van der Waals surface area contributed by atoms with Gasteiger partial charge in [0.15, 0.2) is 0 Å². The first-order valence-corrected chi connectivity index (χ1v) is 5.99. The Labute approximate surface area is 107 Å². The normalized spacial score (nSPS) is 11.5. The standard InChI is InChI=1S/C15H17NO2/c1-15(2,3)9-14(17)18-12-8-11-6-4-5-7-13(11)16-10-12/h4-8,10H,9H2,1-3H3. The lowest BCUT2D eigenvalue weighted by Gasteiger charge is -2.16. The molecule has 0 fully saturated rings. The van der Waals surface area contributed by atoms with Gasteiger partial charge in [-0.2, -0.15) is 0 Å². The van der Waals surface area contributed by atoms with Crippen LogP contribution in [-0.2, 0) is 4.79 Å². The van der Waals surface area contributed by atoms with Gasteiger partial charge in [-0.3, -0.25) is 9.78 Å². The number of aromatic nitrogens is 1. The molecule has 0 radical (unpaired) electrons. The Morgan fingerprint density at radius 1 is 1.28 bits per heavy atom. The van der Waals surface area contributed by atoms with Gasteiger partial charge in [0.25, 0.3) is 0 Å². The van der Waals surface area contributed by atoms with Gasteiger partial charge in [-0.15, -0.1) is 0 Å². The van der Waals surface area contributed by atoms with E-state index in [1.165, 1.54) is 0 Å². The molecule has 3 heteroatoms. The molecule has 1 aromatic heterocycles. The van der Waals surface area contributed by atoms with E-state index in [9.17, 15) is 4.79 Å². The van der Waals surface area contributed by atoms with Crippen LogP contribution in [0.3, 0.4) is 0 Å². The lowest BCUT2D eigenvalue weighted by molar-refractivity contribution is -0.136. The number of pyridine rings is 1. The van der Waals surface area contributed by atoms with Gasteiger partial charge in [0.05, 0.1) is 18.1 Å². The molecular formula is C15H17NO2. The van der Waals surface area contributed by atoms with Crippen LogP contribution < -0.4 is 4.74 Å². The monoisotopic (exact) mass is 243 g/mol. The molecule has 0 atom stereocenters. The lowest BCUT2D eigenvalue weighted by atomic mass is 9.92. The van der Waals surface area contributed by atoms with Crippen LogP contribution in [0.15, 0.2) is 36.5 Å². The van der Waals surface area contributed by atoms with Gasteiger partial charge >= 0.3 is 5.97 Å². The summed E-state index contributed by atoms with van der Waals surface area (Å²) >= 11 is 0. The molecule has 0 aliphatic rings. The summed E-state index contributed by atoms with van der Waals surface area (Å²) in [5.41, 5.74) is 0.828.